The summed E-state index contributed by atoms with van der Waals surface area (Å²) < 4.78 is 0. The molecule has 0 nitrogen and oxygen atoms in total. The summed E-state index contributed by atoms with van der Waals surface area (Å²) in [6.07, 6.45) is 7.03. The fourth-order valence-corrected chi connectivity index (χ4v) is 1.22. The summed E-state index contributed by atoms with van der Waals surface area (Å²) in [4.78, 5) is 0. The molecule has 0 unspecified atom stereocenters. The van der Waals surface area contributed by atoms with Gasteiger partial charge in [-0.2, -0.15) is 0 Å². The lowest BCUT2D eigenvalue weighted by Gasteiger charge is -1.95. The Morgan fingerprint density at radius 3 is 0.684 bits per heavy atom. The van der Waals surface area contributed by atoms with Gasteiger partial charge in [0.15, 0.2) is 0 Å². The molecule has 0 atom stereocenters. The molecule has 0 aliphatic rings. The molecule has 0 N–H and O–H groups in total. The maximum absolute atomic E-state index is 3.73. The van der Waals surface area contributed by atoms with E-state index >= 15 is 0 Å². The third-order valence-corrected chi connectivity index (χ3v) is 2.34. The van der Waals surface area contributed by atoms with Crippen LogP contribution in [-0.4, -0.2) is 17.4 Å². The summed E-state index contributed by atoms with van der Waals surface area (Å²) in [6, 6.07) is 0. The Kier molecular flexibility index (Phi) is 34.6. The largest absolute Gasteiger partial charge is 0.0628 e. The van der Waals surface area contributed by atoms with Gasteiger partial charge in [-0.3, -0.25) is 0 Å². The van der Waals surface area contributed by atoms with E-state index in [0.29, 0.717) is 0 Å². The van der Waals surface area contributed by atoms with E-state index in [0.717, 1.165) is 37.0 Å². The highest BCUT2D eigenvalue weighted by Crippen LogP contribution is 2.01. The van der Waals surface area contributed by atoms with Crippen LogP contribution in [0, 0.1) is 38.5 Å². The van der Waals surface area contributed by atoms with Crippen molar-refractivity contribution in [2.45, 2.75) is 80.1 Å². The molecule has 0 rings (SSSR count). The SMILES string of the molecule is [Al].[CH2]CCC(C)C.[CH2]CCC(C)C.[CH2]CCC(C)C. The Balaban J connectivity index is -0.0000000865. The van der Waals surface area contributed by atoms with Crippen molar-refractivity contribution in [2.24, 2.45) is 17.8 Å². The average Bonchev–Trinajstić information content (AvgIpc) is 2.18. The van der Waals surface area contributed by atoms with Crippen molar-refractivity contribution in [1.82, 2.24) is 0 Å². The van der Waals surface area contributed by atoms with Crippen LogP contribution in [0.2, 0.25) is 0 Å². The first kappa shape index (κ1) is 27.8. The van der Waals surface area contributed by atoms with Crippen LogP contribution in [0.25, 0.3) is 0 Å². The van der Waals surface area contributed by atoms with Crippen LogP contribution in [-0.2, 0) is 0 Å². The molecule has 0 aromatic rings. The molecular formula is C18H39Al. The van der Waals surface area contributed by atoms with Crippen LogP contribution >= 0.6 is 0 Å². The van der Waals surface area contributed by atoms with Crippen LogP contribution in [0.1, 0.15) is 80.1 Å². The van der Waals surface area contributed by atoms with Gasteiger partial charge in [-0.1, -0.05) is 101 Å². The van der Waals surface area contributed by atoms with Gasteiger partial charge in [-0.05, 0) is 17.8 Å². The Bertz CT molecular complexity index is 93.1. The van der Waals surface area contributed by atoms with E-state index in [1.807, 2.05) is 0 Å². The standard InChI is InChI=1S/3C6H13.Al/c3*1-4-5-6(2)3;/h3*6H,1,4-5H2,2-3H3;. The van der Waals surface area contributed by atoms with E-state index in [2.05, 4.69) is 62.3 Å². The van der Waals surface area contributed by atoms with Gasteiger partial charge in [-0.15, -0.1) is 0 Å². The average molecular weight is 282 g/mol. The number of rotatable bonds is 6. The zero-order valence-electron chi connectivity index (χ0n) is 14.7. The van der Waals surface area contributed by atoms with Crippen LogP contribution in [0.15, 0.2) is 0 Å². The molecule has 0 aromatic carbocycles. The topological polar surface area (TPSA) is 0 Å². The van der Waals surface area contributed by atoms with E-state index in [-0.39, 0.29) is 17.4 Å². The van der Waals surface area contributed by atoms with Crippen LogP contribution in [0.4, 0.5) is 0 Å². The fourth-order valence-electron chi connectivity index (χ4n) is 1.22. The van der Waals surface area contributed by atoms with Gasteiger partial charge in [0.2, 0.25) is 0 Å². The third-order valence-electron chi connectivity index (χ3n) is 2.34. The van der Waals surface area contributed by atoms with Crippen molar-refractivity contribution >= 4 is 17.4 Å². The van der Waals surface area contributed by atoms with Gasteiger partial charge >= 0.3 is 0 Å². The Morgan fingerprint density at radius 2 is 0.684 bits per heavy atom. The Labute approximate surface area is 136 Å². The number of hydrogen-bond donors (Lipinski definition) is 0. The molecule has 6 radical (unpaired) electrons. The summed E-state index contributed by atoms with van der Waals surface area (Å²) in [5.41, 5.74) is 0. The maximum atomic E-state index is 3.73. The quantitative estimate of drug-likeness (QED) is 0.495. The lowest BCUT2D eigenvalue weighted by molar-refractivity contribution is 0.593. The molecule has 0 heterocycles. The predicted molar refractivity (Wildman–Crippen MR) is 94.0 cm³/mol. The molecule has 0 saturated carbocycles. The highest BCUT2D eigenvalue weighted by molar-refractivity contribution is 5.75. The third kappa shape index (κ3) is 55.7. The van der Waals surface area contributed by atoms with E-state index in [1.165, 1.54) is 19.3 Å². The zero-order valence-corrected chi connectivity index (χ0v) is 15.8. The van der Waals surface area contributed by atoms with Gasteiger partial charge < -0.3 is 0 Å². The molecule has 19 heavy (non-hydrogen) atoms. The second kappa shape index (κ2) is 23.6. The molecule has 0 aromatic heterocycles. The molecule has 0 amide bonds. The van der Waals surface area contributed by atoms with Crippen LogP contribution in [0.3, 0.4) is 0 Å². The minimum Gasteiger partial charge on any atom is -0.0628 e. The van der Waals surface area contributed by atoms with Crippen LogP contribution in [0.5, 0.6) is 0 Å². The number of hydrogen-bond acceptors (Lipinski definition) is 0. The van der Waals surface area contributed by atoms with Crippen molar-refractivity contribution in [3.63, 3.8) is 0 Å². The molecule has 0 aliphatic carbocycles. The van der Waals surface area contributed by atoms with Gasteiger partial charge in [0.25, 0.3) is 0 Å². The Morgan fingerprint density at radius 1 is 0.526 bits per heavy atom. The van der Waals surface area contributed by atoms with E-state index in [9.17, 15) is 0 Å². The lowest BCUT2D eigenvalue weighted by atomic mass is 10.1. The van der Waals surface area contributed by atoms with Crippen molar-refractivity contribution in [1.29, 1.82) is 0 Å². The fraction of sp³-hybridized carbons (Fsp3) is 0.833. The predicted octanol–water partition coefficient (Wildman–Crippen LogP) is 6.39. The normalized spacial score (nSPS) is 9.47. The lowest BCUT2D eigenvalue weighted by Crippen LogP contribution is -1.81. The minimum atomic E-state index is 0. The van der Waals surface area contributed by atoms with Gasteiger partial charge in [0, 0.05) is 17.4 Å². The first-order valence-electron chi connectivity index (χ1n) is 7.69. The molecule has 0 aliphatic heterocycles. The summed E-state index contributed by atoms with van der Waals surface area (Å²) >= 11 is 0. The summed E-state index contributed by atoms with van der Waals surface area (Å²) in [5, 5.41) is 0. The first-order valence-corrected chi connectivity index (χ1v) is 7.69. The van der Waals surface area contributed by atoms with Crippen molar-refractivity contribution in [3.8, 4) is 0 Å². The molecular weight excluding hydrogens is 243 g/mol. The van der Waals surface area contributed by atoms with Gasteiger partial charge in [0.1, 0.15) is 0 Å². The first-order chi connectivity index (χ1) is 8.31. The van der Waals surface area contributed by atoms with Crippen molar-refractivity contribution in [3.05, 3.63) is 20.8 Å². The minimum absolute atomic E-state index is 0. The van der Waals surface area contributed by atoms with Gasteiger partial charge in [-0.25, -0.2) is 0 Å². The second-order valence-electron chi connectivity index (χ2n) is 6.11. The molecule has 114 valence electrons. The molecule has 1 heteroatoms. The van der Waals surface area contributed by atoms with E-state index in [1.54, 1.807) is 0 Å². The van der Waals surface area contributed by atoms with Crippen molar-refractivity contribution < 1.29 is 0 Å². The molecule has 0 saturated heterocycles. The zero-order chi connectivity index (χ0) is 15.0. The van der Waals surface area contributed by atoms with Crippen molar-refractivity contribution in [2.75, 3.05) is 0 Å². The van der Waals surface area contributed by atoms with Crippen LogP contribution < -0.4 is 0 Å². The highest BCUT2D eigenvalue weighted by Gasteiger charge is 1.86. The summed E-state index contributed by atoms with van der Waals surface area (Å²) in [5.74, 6) is 2.51. The summed E-state index contributed by atoms with van der Waals surface area (Å²) in [6.45, 7) is 24.5. The maximum Gasteiger partial charge on any atom is 0 e. The van der Waals surface area contributed by atoms with E-state index < -0.39 is 0 Å². The smallest absolute Gasteiger partial charge is 0 e. The Hall–Kier alpha value is 0.532. The second-order valence-corrected chi connectivity index (χ2v) is 6.11. The summed E-state index contributed by atoms with van der Waals surface area (Å²) in [7, 11) is 0. The monoisotopic (exact) mass is 282 g/mol. The molecule has 0 spiro atoms. The van der Waals surface area contributed by atoms with E-state index in [4.69, 9.17) is 0 Å². The molecule has 0 bridgehead atoms. The van der Waals surface area contributed by atoms with Gasteiger partial charge in [0.05, 0.1) is 0 Å². The highest BCUT2D eigenvalue weighted by atomic mass is 27.0. The molecule has 0 fully saturated rings.